The highest BCUT2D eigenvalue weighted by molar-refractivity contribution is 6.05. The number of carbonyl (C=O) groups excluding carboxylic acids is 2. The van der Waals surface area contributed by atoms with Crippen LogP contribution >= 0.6 is 0 Å². The van der Waals surface area contributed by atoms with Crippen molar-refractivity contribution in [3.05, 3.63) is 58.3 Å². The number of pyridine rings is 1. The minimum Gasteiger partial charge on any atom is -0.496 e. The number of hydrogen-bond acceptors (Lipinski definition) is 6. The number of amides is 1. The molecule has 0 aliphatic carbocycles. The van der Waals surface area contributed by atoms with Crippen LogP contribution in [-0.2, 0) is 21.4 Å². The van der Waals surface area contributed by atoms with Crippen molar-refractivity contribution in [2.24, 2.45) is 7.05 Å². The van der Waals surface area contributed by atoms with Crippen molar-refractivity contribution in [1.29, 1.82) is 0 Å². The van der Waals surface area contributed by atoms with E-state index in [9.17, 15) is 14.4 Å². The van der Waals surface area contributed by atoms with Gasteiger partial charge in [0.15, 0.2) is 6.10 Å². The summed E-state index contributed by atoms with van der Waals surface area (Å²) >= 11 is 0. The van der Waals surface area contributed by atoms with Crippen LogP contribution in [-0.4, -0.2) is 35.3 Å². The zero-order valence-electron chi connectivity index (χ0n) is 19.8. The average molecular weight is 472 g/mol. The minimum absolute atomic E-state index is 0.183. The first-order valence-electron chi connectivity index (χ1n) is 11.4. The number of nitrogens with one attached hydrogen (secondary N) is 1. The molecule has 1 N–H and O–H groups in total. The van der Waals surface area contributed by atoms with Gasteiger partial charge in [-0.05, 0) is 36.8 Å². The number of esters is 1. The van der Waals surface area contributed by atoms with E-state index in [-0.39, 0.29) is 11.8 Å². The second kappa shape index (κ2) is 7.21. The summed E-state index contributed by atoms with van der Waals surface area (Å²) in [5, 5.41) is 5.85. The Balaban J connectivity index is 1.78. The normalized spacial score (nSPS) is 21.0. The van der Waals surface area contributed by atoms with Crippen molar-refractivity contribution in [2.75, 3.05) is 7.11 Å². The maximum Gasteiger partial charge on any atom is 0.315 e. The van der Waals surface area contributed by atoms with Crippen molar-refractivity contribution in [1.82, 2.24) is 9.88 Å². The van der Waals surface area contributed by atoms with E-state index in [1.807, 2.05) is 48.0 Å². The molecule has 8 heteroatoms. The molecule has 1 aromatic heterocycles. The van der Waals surface area contributed by atoms with Crippen LogP contribution < -0.4 is 20.2 Å². The average Bonchev–Trinajstić information content (AvgIpc) is 2.98. The lowest BCUT2D eigenvalue weighted by molar-refractivity contribution is -0.162. The number of carbonyl (C=O) groups is 2. The van der Waals surface area contributed by atoms with Gasteiger partial charge in [-0.1, -0.05) is 24.3 Å². The van der Waals surface area contributed by atoms with Gasteiger partial charge in [0.1, 0.15) is 29.6 Å². The molecule has 178 valence electrons. The molecule has 0 bridgehead atoms. The zero-order chi connectivity index (χ0) is 24.6. The monoisotopic (exact) mass is 472 g/mol. The van der Waals surface area contributed by atoms with Crippen molar-refractivity contribution < 1.29 is 23.8 Å². The van der Waals surface area contributed by atoms with Crippen molar-refractivity contribution in [3.63, 3.8) is 0 Å². The van der Waals surface area contributed by atoms with Gasteiger partial charge in [-0.2, -0.15) is 0 Å². The molecule has 2 unspecified atom stereocenters. The maximum atomic E-state index is 13.9. The second-order valence-corrected chi connectivity index (χ2v) is 9.66. The molecule has 2 atom stereocenters. The van der Waals surface area contributed by atoms with Gasteiger partial charge in [0.05, 0.1) is 23.5 Å². The Kier molecular flexibility index (Phi) is 4.42. The molecule has 3 heterocycles. The second-order valence-electron chi connectivity index (χ2n) is 9.66. The summed E-state index contributed by atoms with van der Waals surface area (Å²) < 4.78 is 19.6. The van der Waals surface area contributed by atoms with Crippen molar-refractivity contribution in [2.45, 2.75) is 38.0 Å². The molecule has 0 saturated carbocycles. The highest BCUT2D eigenvalue weighted by atomic mass is 16.6. The molecule has 3 aromatic carbocycles. The maximum absolute atomic E-state index is 13.9. The lowest BCUT2D eigenvalue weighted by Gasteiger charge is -2.43. The number of nitrogens with zero attached hydrogens (tertiary/aromatic N) is 1. The number of aryl methyl sites for hydroxylation is 1. The Labute approximate surface area is 200 Å². The lowest BCUT2D eigenvalue weighted by atomic mass is 9.84. The van der Waals surface area contributed by atoms with Gasteiger partial charge in [-0.25, -0.2) is 0 Å². The topological polar surface area (TPSA) is 95.9 Å². The fourth-order valence-electron chi connectivity index (χ4n) is 5.48. The SMILES string of the molecule is COc1cc2c(c3c1c(=O)c1cc4ccccc4cc1n3C)C1NC(=O)CC(=O)OC1C(C)(C)O2. The summed E-state index contributed by atoms with van der Waals surface area (Å²) in [7, 11) is 3.38. The zero-order valence-corrected chi connectivity index (χ0v) is 19.8. The van der Waals surface area contributed by atoms with E-state index in [0.29, 0.717) is 33.4 Å². The minimum atomic E-state index is -0.935. The first kappa shape index (κ1) is 21.5. The van der Waals surface area contributed by atoms with Crippen LogP contribution in [0.4, 0.5) is 0 Å². The van der Waals surface area contributed by atoms with Crippen molar-refractivity contribution in [3.8, 4) is 11.5 Å². The Morgan fingerprint density at radius 3 is 2.51 bits per heavy atom. The summed E-state index contributed by atoms with van der Waals surface area (Å²) in [5.74, 6) is -0.208. The highest BCUT2D eigenvalue weighted by Gasteiger charge is 2.50. The van der Waals surface area contributed by atoms with Gasteiger partial charge in [0.25, 0.3) is 0 Å². The van der Waals surface area contributed by atoms with Gasteiger partial charge in [0, 0.05) is 24.1 Å². The number of benzene rings is 3. The third-order valence-corrected chi connectivity index (χ3v) is 7.07. The number of fused-ring (bicyclic) bond motifs is 7. The van der Waals surface area contributed by atoms with Crippen LogP contribution in [0.3, 0.4) is 0 Å². The quantitative estimate of drug-likeness (QED) is 0.259. The standard InChI is InChI=1S/C27H24N2O6/c1-27(2)26-23(28-19(30)12-20(31)34-26)21-18(35-27)11-17(33-4)22-24(21)29(3)16-10-14-8-6-5-7-13(14)9-15(16)25(22)32/h5-11,23,26H,12H2,1-4H3,(H,28,30). The number of aromatic nitrogens is 1. The van der Waals surface area contributed by atoms with E-state index >= 15 is 0 Å². The summed E-state index contributed by atoms with van der Waals surface area (Å²) in [6.45, 7) is 3.61. The third-order valence-electron chi connectivity index (χ3n) is 7.07. The van der Waals surface area contributed by atoms with E-state index in [0.717, 1.165) is 16.3 Å². The predicted octanol–water partition coefficient (Wildman–Crippen LogP) is 3.50. The summed E-state index contributed by atoms with van der Waals surface area (Å²) in [5.41, 5.74) is 0.765. The van der Waals surface area contributed by atoms with Crippen LogP contribution in [0.1, 0.15) is 31.9 Å². The van der Waals surface area contributed by atoms with Crippen LogP contribution in [0.15, 0.2) is 47.3 Å². The molecule has 1 amide bonds. The van der Waals surface area contributed by atoms with Gasteiger partial charge in [-0.15, -0.1) is 0 Å². The Bertz CT molecular complexity index is 1650. The molecular formula is C27H24N2O6. The summed E-state index contributed by atoms with van der Waals surface area (Å²) in [6.07, 6.45) is -1.16. The molecular weight excluding hydrogens is 448 g/mol. The highest BCUT2D eigenvalue weighted by Crippen LogP contribution is 2.48. The van der Waals surface area contributed by atoms with Gasteiger partial charge in [0.2, 0.25) is 11.3 Å². The van der Waals surface area contributed by atoms with Crippen LogP contribution in [0, 0.1) is 0 Å². The number of ether oxygens (including phenoxy) is 3. The first-order chi connectivity index (χ1) is 16.7. The molecule has 4 aromatic rings. The molecule has 2 aliphatic heterocycles. The largest absolute Gasteiger partial charge is 0.496 e. The Morgan fingerprint density at radius 2 is 1.80 bits per heavy atom. The van der Waals surface area contributed by atoms with Gasteiger partial charge >= 0.3 is 5.97 Å². The third kappa shape index (κ3) is 3.02. The molecule has 0 radical (unpaired) electrons. The molecule has 1 saturated heterocycles. The lowest BCUT2D eigenvalue weighted by Crippen LogP contribution is -2.53. The predicted molar refractivity (Wildman–Crippen MR) is 131 cm³/mol. The summed E-state index contributed by atoms with van der Waals surface area (Å²) in [4.78, 5) is 38.8. The first-order valence-corrected chi connectivity index (χ1v) is 11.4. The molecule has 6 rings (SSSR count). The van der Waals surface area contributed by atoms with Crippen LogP contribution in [0.5, 0.6) is 11.5 Å². The van der Waals surface area contributed by atoms with E-state index in [1.165, 1.54) is 7.11 Å². The van der Waals surface area contributed by atoms with Crippen LogP contribution in [0.2, 0.25) is 0 Å². The van der Waals surface area contributed by atoms with E-state index in [2.05, 4.69) is 5.32 Å². The van der Waals surface area contributed by atoms with E-state index in [1.54, 1.807) is 19.9 Å². The van der Waals surface area contributed by atoms with Gasteiger partial charge in [-0.3, -0.25) is 14.4 Å². The number of hydrogen-bond donors (Lipinski definition) is 1. The fourth-order valence-corrected chi connectivity index (χ4v) is 5.48. The summed E-state index contributed by atoms with van der Waals surface area (Å²) in [6, 6.07) is 12.7. The van der Waals surface area contributed by atoms with Gasteiger partial charge < -0.3 is 24.1 Å². The van der Waals surface area contributed by atoms with Crippen LogP contribution in [0.25, 0.3) is 32.6 Å². The van der Waals surface area contributed by atoms with Crippen molar-refractivity contribution >= 4 is 44.5 Å². The number of rotatable bonds is 1. The smallest absolute Gasteiger partial charge is 0.315 e. The Hall–Kier alpha value is -4.07. The molecule has 35 heavy (non-hydrogen) atoms. The molecule has 1 fully saturated rings. The molecule has 8 nitrogen and oxygen atoms in total. The fraction of sp³-hybridized carbons (Fsp3) is 0.296. The Morgan fingerprint density at radius 1 is 1.09 bits per heavy atom. The van der Waals surface area contributed by atoms with E-state index < -0.39 is 29.6 Å². The number of methoxy groups -OCH3 is 1. The van der Waals surface area contributed by atoms with E-state index in [4.69, 9.17) is 14.2 Å². The molecule has 0 spiro atoms. The molecule has 2 aliphatic rings.